The third-order valence-electron chi connectivity index (χ3n) is 5.39. The molecule has 1 N–H and O–H groups in total. The van der Waals surface area contributed by atoms with Crippen LogP contribution in [0, 0.1) is 0 Å². The summed E-state index contributed by atoms with van der Waals surface area (Å²) in [6.07, 6.45) is 0.901. The van der Waals surface area contributed by atoms with Crippen LogP contribution in [0.15, 0.2) is 4.99 Å². The van der Waals surface area contributed by atoms with Gasteiger partial charge in [-0.25, -0.2) is 4.98 Å². The van der Waals surface area contributed by atoms with Gasteiger partial charge in [0.05, 0.1) is 6.54 Å². The summed E-state index contributed by atoms with van der Waals surface area (Å²) in [7, 11) is 4.41. The van der Waals surface area contributed by atoms with E-state index in [4.69, 9.17) is 4.99 Å². The van der Waals surface area contributed by atoms with E-state index >= 15 is 0 Å². The number of nitrogens with one attached hydrogen (secondary N) is 1. The molecule has 0 saturated carbocycles. The third kappa shape index (κ3) is 5.30. The zero-order valence-corrected chi connectivity index (χ0v) is 18.0. The first kappa shape index (κ1) is 20.3. The molecule has 2 aliphatic rings. The molecule has 3 rings (SSSR count). The zero-order valence-electron chi connectivity index (χ0n) is 17.2. The molecule has 2 aliphatic heterocycles. The standard InChI is InChI=1S/C18H34N8S/c1-5-16-21-18(27-22-16)26-11-9-25(10-12-26)17(19-6-2)20-13-15-14-23(3)7-8-24(15)4/h15H,5-14H2,1-4H3,(H,19,20). The van der Waals surface area contributed by atoms with Crippen LogP contribution >= 0.6 is 11.5 Å². The summed E-state index contributed by atoms with van der Waals surface area (Å²) in [5.41, 5.74) is 0. The minimum Gasteiger partial charge on any atom is -0.357 e. The molecule has 1 aromatic heterocycles. The molecule has 0 aromatic carbocycles. The van der Waals surface area contributed by atoms with Gasteiger partial charge in [0.1, 0.15) is 5.82 Å². The Morgan fingerprint density at radius 1 is 1.15 bits per heavy atom. The van der Waals surface area contributed by atoms with Crippen molar-refractivity contribution in [2.75, 3.05) is 77.9 Å². The van der Waals surface area contributed by atoms with Crippen molar-refractivity contribution in [2.24, 2.45) is 4.99 Å². The van der Waals surface area contributed by atoms with E-state index in [-0.39, 0.29) is 0 Å². The number of rotatable bonds is 5. The Morgan fingerprint density at radius 3 is 2.59 bits per heavy atom. The van der Waals surface area contributed by atoms with Gasteiger partial charge in [-0.2, -0.15) is 4.37 Å². The van der Waals surface area contributed by atoms with Crippen LogP contribution in [0.25, 0.3) is 0 Å². The Labute approximate surface area is 167 Å². The van der Waals surface area contributed by atoms with Crippen molar-refractivity contribution in [3.63, 3.8) is 0 Å². The molecule has 152 valence electrons. The van der Waals surface area contributed by atoms with Crippen LogP contribution in [-0.4, -0.2) is 109 Å². The molecule has 0 amide bonds. The maximum atomic E-state index is 4.98. The molecule has 1 atom stereocenters. The maximum absolute atomic E-state index is 4.98. The number of aliphatic imine (C=N–C) groups is 1. The van der Waals surface area contributed by atoms with Crippen molar-refractivity contribution in [1.29, 1.82) is 0 Å². The van der Waals surface area contributed by atoms with Gasteiger partial charge in [-0.05, 0) is 21.0 Å². The van der Waals surface area contributed by atoms with Crippen LogP contribution in [0.3, 0.4) is 0 Å². The molecule has 8 nitrogen and oxygen atoms in total. The average molecular weight is 395 g/mol. The first-order chi connectivity index (χ1) is 13.1. The van der Waals surface area contributed by atoms with E-state index in [0.717, 1.165) is 82.2 Å². The number of piperazine rings is 2. The van der Waals surface area contributed by atoms with Crippen LogP contribution in [0.2, 0.25) is 0 Å². The van der Waals surface area contributed by atoms with Crippen LogP contribution in [0.5, 0.6) is 0 Å². The van der Waals surface area contributed by atoms with Crippen molar-refractivity contribution in [1.82, 2.24) is 29.4 Å². The van der Waals surface area contributed by atoms with Crippen LogP contribution in [-0.2, 0) is 6.42 Å². The maximum Gasteiger partial charge on any atom is 0.205 e. The van der Waals surface area contributed by atoms with Gasteiger partial charge in [-0.3, -0.25) is 9.89 Å². The zero-order chi connectivity index (χ0) is 19.2. The van der Waals surface area contributed by atoms with Crippen molar-refractivity contribution in [3.05, 3.63) is 5.82 Å². The molecular weight excluding hydrogens is 360 g/mol. The summed E-state index contributed by atoms with van der Waals surface area (Å²) in [6.45, 7) is 13.2. The molecule has 0 radical (unpaired) electrons. The van der Waals surface area contributed by atoms with Gasteiger partial charge in [0, 0.05) is 76.4 Å². The normalized spacial score (nSPS) is 23.1. The SMILES string of the molecule is CCNC(=NCC1CN(C)CCN1C)N1CCN(c2nc(CC)ns2)CC1. The molecule has 1 aromatic rings. The molecule has 27 heavy (non-hydrogen) atoms. The lowest BCUT2D eigenvalue weighted by atomic mass is 10.2. The Bertz CT molecular complexity index is 610. The fraction of sp³-hybridized carbons (Fsp3) is 0.833. The van der Waals surface area contributed by atoms with E-state index in [1.807, 2.05) is 0 Å². The Morgan fingerprint density at radius 2 is 1.93 bits per heavy atom. The average Bonchev–Trinajstić information content (AvgIpc) is 3.17. The summed E-state index contributed by atoms with van der Waals surface area (Å²) >= 11 is 1.52. The highest BCUT2D eigenvalue weighted by molar-refractivity contribution is 7.09. The lowest BCUT2D eigenvalue weighted by Crippen LogP contribution is -2.54. The van der Waals surface area contributed by atoms with Crippen molar-refractivity contribution >= 4 is 22.6 Å². The first-order valence-electron chi connectivity index (χ1n) is 10.1. The molecule has 0 aliphatic carbocycles. The smallest absolute Gasteiger partial charge is 0.205 e. The van der Waals surface area contributed by atoms with Crippen molar-refractivity contribution < 1.29 is 0 Å². The molecule has 9 heteroatoms. The second-order valence-corrected chi connectivity index (χ2v) is 8.14. The van der Waals surface area contributed by atoms with Crippen molar-refractivity contribution in [3.8, 4) is 0 Å². The molecule has 2 saturated heterocycles. The molecule has 1 unspecified atom stereocenters. The summed E-state index contributed by atoms with van der Waals surface area (Å²) in [5, 5.41) is 4.54. The van der Waals surface area contributed by atoms with Gasteiger partial charge < -0.3 is 20.0 Å². The van der Waals surface area contributed by atoms with Gasteiger partial charge in [0.15, 0.2) is 5.96 Å². The number of guanidine groups is 1. The number of likely N-dealkylation sites (N-methyl/N-ethyl adjacent to an activating group) is 2. The Balaban J connectivity index is 1.57. The highest BCUT2D eigenvalue weighted by atomic mass is 32.1. The lowest BCUT2D eigenvalue weighted by molar-refractivity contribution is 0.119. The molecule has 0 spiro atoms. The van der Waals surface area contributed by atoms with E-state index in [1.165, 1.54) is 11.5 Å². The number of aromatic nitrogens is 2. The summed E-state index contributed by atoms with van der Waals surface area (Å²) in [6, 6.07) is 0.493. The van der Waals surface area contributed by atoms with Crippen LogP contribution < -0.4 is 10.2 Å². The number of aryl methyl sites for hydroxylation is 1. The van der Waals surface area contributed by atoms with Gasteiger partial charge in [0.25, 0.3) is 0 Å². The summed E-state index contributed by atoms with van der Waals surface area (Å²) in [5.74, 6) is 2.00. The minimum atomic E-state index is 0.493. The van der Waals surface area contributed by atoms with Gasteiger partial charge in [-0.1, -0.05) is 6.92 Å². The highest BCUT2D eigenvalue weighted by Crippen LogP contribution is 2.19. The van der Waals surface area contributed by atoms with E-state index in [1.54, 1.807) is 0 Å². The Kier molecular flexibility index (Phi) is 7.26. The van der Waals surface area contributed by atoms with E-state index in [9.17, 15) is 0 Å². The van der Waals surface area contributed by atoms with Crippen molar-refractivity contribution in [2.45, 2.75) is 26.3 Å². The lowest BCUT2D eigenvalue weighted by Gasteiger charge is -2.38. The van der Waals surface area contributed by atoms with E-state index in [2.05, 4.69) is 62.2 Å². The molecule has 2 fully saturated rings. The predicted octanol–water partition coefficient (Wildman–Crippen LogP) is 0.434. The Hall–Kier alpha value is -1.45. The largest absolute Gasteiger partial charge is 0.357 e. The third-order valence-corrected chi connectivity index (χ3v) is 6.21. The summed E-state index contributed by atoms with van der Waals surface area (Å²) < 4.78 is 4.42. The number of hydrogen-bond acceptors (Lipinski definition) is 7. The number of hydrogen-bond donors (Lipinski definition) is 1. The number of nitrogens with zero attached hydrogens (tertiary/aromatic N) is 7. The molecular formula is C18H34N8S. The minimum absolute atomic E-state index is 0.493. The predicted molar refractivity (Wildman–Crippen MR) is 113 cm³/mol. The monoisotopic (exact) mass is 394 g/mol. The van der Waals surface area contributed by atoms with Gasteiger partial charge in [-0.15, -0.1) is 0 Å². The van der Waals surface area contributed by atoms with E-state index < -0.39 is 0 Å². The van der Waals surface area contributed by atoms with Gasteiger partial charge in [0.2, 0.25) is 5.13 Å². The highest BCUT2D eigenvalue weighted by Gasteiger charge is 2.24. The van der Waals surface area contributed by atoms with Crippen LogP contribution in [0.4, 0.5) is 5.13 Å². The molecule has 3 heterocycles. The van der Waals surface area contributed by atoms with E-state index in [0.29, 0.717) is 6.04 Å². The first-order valence-corrected chi connectivity index (χ1v) is 10.9. The summed E-state index contributed by atoms with van der Waals surface area (Å²) in [4.78, 5) is 19.2. The van der Waals surface area contributed by atoms with Crippen LogP contribution in [0.1, 0.15) is 19.7 Å². The molecule has 0 bridgehead atoms. The second-order valence-electron chi connectivity index (χ2n) is 7.41. The fourth-order valence-electron chi connectivity index (χ4n) is 3.54. The quantitative estimate of drug-likeness (QED) is 0.574. The number of anilines is 1. The topological polar surface area (TPSA) is 63.1 Å². The fourth-order valence-corrected chi connectivity index (χ4v) is 4.34. The second kappa shape index (κ2) is 9.66. The van der Waals surface area contributed by atoms with Gasteiger partial charge >= 0.3 is 0 Å².